The van der Waals surface area contributed by atoms with Crippen molar-refractivity contribution >= 4 is 11.8 Å². The van der Waals surface area contributed by atoms with Crippen LogP contribution in [0.1, 0.15) is 11.1 Å². The van der Waals surface area contributed by atoms with Crippen molar-refractivity contribution < 1.29 is 9.13 Å². The van der Waals surface area contributed by atoms with Gasteiger partial charge in [-0.25, -0.2) is 4.39 Å². The normalized spacial score (nSPS) is 10.6. The lowest BCUT2D eigenvalue weighted by Crippen LogP contribution is -2.02. The molecule has 0 aromatic heterocycles. The van der Waals surface area contributed by atoms with Gasteiger partial charge in [-0.2, -0.15) is 11.8 Å². The molecule has 0 aliphatic carbocycles. The molecular formula is C11H16FNOS. The smallest absolute Gasteiger partial charge is 0.131 e. The second kappa shape index (κ2) is 6.82. The van der Waals surface area contributed by atoms with Crippen LogP contribution in [0, 0.1) is 5.82 Å². The average Bonchev–Trinajstić information content (AvgIpc) is 2.26. The van der Waals surface area contributed by atoms with Gasteiger partial charge in [-0.3, -0.25) is 0 Å². The van der Waals surface area contributed by atoms with Crippen LogP contribution < -0.4 is 5.73 Å². The van der Waals surface area contributed by atoms with E-state index in [2.05, 4.69) is 0 Å². The van der Waals surface area contributed by atoms with Crippen LogP contribution in [-0.4, -0.2) is 19.5 Å². The van der Waals surface area contributed by atoms with E-state index in [0.29, 0.717) is 17.9 Å². The highest BCUT2D eigenvalue weighted by Gasteiger charge is 2.06. The van der Waals surface area contributed by atoms with Gasteiger partial charge in [0.05, 0.1) is 6.61 Å². The molecular weight excluding hydrogens is 213 g/mol. The molecule has 2 N–H and O–H groups in total. The van der Waals surface area contributed by atoms with Gasteiger partial charge in [0.15, 0.2) is 0 Å². The van der Waals surface area contributed by atoms with Crippen molar-refractivity contribution in [3.05, 3.63) is 35.1 Å². The molecule has 1 aromatic carbocycles. The van der Waals surface area contributed by atoms with Crippen LogP contribution in [0.5, 0.6) is 0 Å². The average molecular weight is 229 g/mol. The first kappa shape index (κ1) is 12.5. The molecule has 4 heteroatoms. The molecule has 0 radical (unpaired) electrons. The van der Waals surface area contributed by atoms with Crippen LogP contribution in [0.4, 0.5) is 4.39 Å². The van der Waals surface area contributed by atoms with Crippen molar-refractivity contribution in [3.63, 3.8) is 0 Å². The third-order valence-corrected chi connectivity index (χ3v) is 3.04. The Kier molecular flexibility index (Phi) is 5.68. The highest BCUT2D eigenvalue weighted by molar-refractivity contribution is 7.98. The summed E-state index contributed by atoms with van der Waals surface area (Å²) in [5.41, 5.74) is 6.73. The van der Waals surface area contributed by atoms with Gasteiger partial charge in [-0.1, -0.05) is 18.2 Å². The van der Waals surface area contributed by atoms with E-state index in [1.807, 2.05) is 6.07 Å². The van der Waals surface area contributed by atoms with Gasteiger partial charge < -0.3 is 10.5 Å². The maximum atomic E-state index is 13.7. The number of rotatable bonds is 6. The lowest BCUT2D eigenvalue weighted by molar-refractivity contribution is 0.218. The SMILES string of the molecule is COCCSCc1cccc(CN)c1F. The van der Waals surface area contributed by atoms with Crippen molar-refractivity contribution in [2.24, 2.45) is 5.73 Å². The Balaban J connectivity index is 2.53. The summed E-state index contributed by atoms with van der Waals surface area (Å²) in [5.74, 6) is 1.39. The molecule has 1 rings (SSSR count). The van der Waals surface area contributed by atoms with Gasteiger partial charge in [-0.05, 0) is 5.56 Å². The standard InChI is InChI=1S/C11H16FNOS/c1-14-5-6-15-8-10-4-2-3-9(7-13)11(10)12/h2-4H,5-8,13H2,1H3. The highest BCUT2D eigenvalue weighted by Crippen LogP contribution is 2.18. The van der Waals surface area contributed by atoms with Gasteiger partial charge >= 0.3 is 0 Å². The van der Waals surface area contributed by atoms with Crippen LogP contribution in [0.25, 0.3) is 0 Å². The van der Waals surface area contributed by atoms with E-state index in [4.69, 9.17) is 10.5 Å². The zero-order valence-corrected chi connectivity index (χ0v) is 9.65. The van der Waals surface area contributed by atoms with Crippen LogP contribution in [0.2, 0.25) is 0 Å². The van der Waals surface area contributed by atoms with Crippen molar-refractivity contribution in [2.45, 2.75) is 12.3 Å². The molecule has 84 valence electrons. The first-order chi connectivity index (χ1) is 7.29. The summed E-state index contributed by atoms with van der Waals surface area (Å²) < 4.78 is 18.6. The first-order valence-electron chi connectivity index (χ1n) is 4.82. The van der Waals surface area contributed by atoms with E-state index in [9.17, 15) is 4.39 Å². The van der Waals surface area contributed by atoms with Crippen molar-refractivity contribution in [1.82, 2.24) is 0 Å². The molecule has 1 aromatic rings. The van der Waals surface area contributed by atoms with Crippen LogP contribution >= 0.6 is 11.8 Å². The molecule has 0 bridgehead atoms. The Morgan fingerprint density at radius 2 is 2.13 bits per heavy atom. The Labute approximate surface area is 94.0 Å². The van der Waals surface area contributed by atoms with Crippen molar-refractivity contribution in [2.75, 3.05) is 19.5 Å². The fourth-order valence-corrected chi connectivity index (χ4v) is 2.10. The van der Waals surface area contributed by atoms with E-state index in [1.165, 1.54) is 0 Å². The minimum atomic E-state index is -0.162. The molecule has 0 unspecified atom stereocenters. The molecule has 0 heterocycles. The lowest BCUT2D eigenvalue weighted by atomic mass is 10.1. The summed E-state index contributed by atoms with van der Waals surface area (Å²) in [5, 5.41) is 0. The Hall–Kier alpha value is -0.580. The van der Waals surface area contributed by atoms with E-state index in [-0.39, 0.29) is 12.4 Å². The van der Waals surface area contributed by atoms with E-state index < -0.39 is 0 Å². The summed E-state index contributed by atoms with van der Waals surface area (Å²) in [6.45, 7) is 0.950. The third kappa shape index (κ3) is 3.81. The molecule has 2 nitrogen and oxygen atoms in total. The molecule has 0 spiro atoms. The topological polar surface area (TPSA) is 35.2 Å². The fraction of sp³-hybridized carbons (Fsp3) is 0.455. The number of hydrogen-bond acceptors (Lipinski definition) is 3. The predicted octanol–water partition coefficient (Wildman–Crippen LogP) is 2.16. The highest BCUT2D eigenvalue weighted by atomic mass is 32.2. The van der Waals surface area contributed by atoms with Crippen molar-refractivity contribution in [3.8, 4) is 0 Å². The molecule has 0 aliphatic rings. The maximum absolute atomic E-state index is 13.7. The van der Waals surface area contributed by atoms with Crippen LogP contribution in [0.3, 0.4) is 0 Å². The number of benzene rings is 1. The van der Waals surface area contributed by atoms with E-state index >= 15 is 0 Å². The molecule has 0 fully saturated rings. The minimum Gasteiger partial charge on any atom is -0.384 e. The second-order valence-corrected chi connectivity index (χ2v) is 4.24. The first-order valence-corrected chi connectivity index (χ1v) is 5.98. The van der Waals surface area contributed by atoms with Crippen molar-refractivity contribution in [1.29, 1.82) is 0 Å². The molecule has 0 saturated heterocycles. The summed E-state index contributed by atoms with van der Waals surface area (Å²) in [7, 11) is 1.66. The van der Waals surface area contributed by atoms with Crippen LogP contribution in [0.15, 0.2) is 18.2 Å². The number of thioether (sulfide) groups is 1. The zero-order valence-electron chi connectivity index (χ0n) is 8.83. The van der Waals surface area contributed by atoms with Crippen LogP contribution in [-0.2, 0) is 17.0 Å². The number of hydrogen-bond donors (Lipinski definition) is 1. The van der Waals surface area contributed by atoms with Gasteiger partial charge in [0.2, 0.25) is 0 Å². The van der Waals surface area contributed by atoms with Gasteiger partial charge in [0.25, 0.3) is 0 Å². The number of methoxy groups -OCH3 is 1. The Morgan fingerprint density at radius 1 is 1.40 bits per heavy atom. The molecule has 15 heavy (non-hydrogen) atoms. The second-order valence-electron chi connectivity index (χ2n) is 3.14. The van der Waals surface area contributed by atoms with Gasteiger partial charge in [0.1, 0.15) is 5.82 Å². The Bertz CT molecular complexity index is 307. The summed E-state index contributed by atoms with van der Waals surface area (Å²) in [6, 6.07) is 5.37. The molecule has 0 aliphatic heterocycles. The minimum absolute atomic E-state index is 0.162. The largest absolute Gasteiger partial charge is 0.384 e. The van der Waals surface area contributed by atoms with E-state index in [1.54, 1.807) is 31.0 Å². The number of halogens is 1. The van der Waals surface area contributed by atoms with Gasteiger partial charge in [0, 0.05) is 30.7 Å². The summed E-state index contributed by atoms with van der Waals surface area (Å²) >= 11 is 1.66. The van der Waals surface area contributed by atoms with Gasteiger partial charge in [-0.15, -0.1) is 0 Å². The molecule has 0 atom stereocenters. The zero-order chi connectivity index (χ0) is 11.1. The summed E-state index contributed by atoms with van der Waals surface area (Å²) in [6.07, 6.45) is 0. The Morgan fingerprint density at radius 3 is 2.80 bits per heavy atom. The fourth-order valence-electron chi connectivity index (χ4n) is 1.23. The third-order valence-electron chi connectivity index (χ3n) is 2.07. The monoisotopic (exact) mass is 229 g/mol. The van der Waals surface area contributed by atoms with E-state index in [0.717, 1.165) is 11.3 Å². The number of ether oxygens (including phenoxy) is 1. The lowest BCUT2D eigenvalue weighted by Gasteiger charge is -2.06. The quantitative estimate of drug-likeness (QED) is 0.759. The molecule has 0 amide bonds. The maximum Gasteiger partial charge on any atom is 0.131 e. The summed E-state index contributed by atoms with van der Waals surface area (Å²) in [4.78, 5) is 0. The molecule has 0 saturated carbocycles. The number of nitrogens with two attached hydrogens (primary N) is 1. The predicted molar refractivity (Wildman–Crippen MR) is 62.3 cm³/mol.